The Bertz CT molecular complexity index is 804. The van der Waals surface area contributed by atoms with Crippen molar-refractivity contribution in [2.75, 3.05) is 6.61 Å². The Balaban J connectivity index is 2.21. The molecule has 1 heterocycles. The van der Waals surface area contributed by atoms with Crippen molar-refractivity contribution in [3.8, 4) is 0 Å². The van der Waals surface area contributed by atoms with E-state index in [1.807, 2.05) is 0 Å². The molecule has 1 aliphatic heterocycles. The van der Waals surface area contributed by atoms with E-state index in [-0.39, 0.29) is 6.61 Å². The maximum atomic E-state index is 12.3. The quantitative estimate of drug-likeness (QED) is 0.337. The summed E-state index contributed by atoms with van der Waals surface area (Å²) >= 11 is 0. The van der Waals surface area contributed by atoms with Gasteiger partial charge in [-0.25, -0.2) is 4.79 Å². The Labute approximate surface area is 179 Å². The fourth-order valence-electron chi connectivity index (χ4n) is 3.06. The summed E-state index contributed by atoms with van der Waals surface area (Å²) in [5.41, 5.74) is 0.324. The highest BCUT2D eigenvalue weighted by Crippen LogP contribution is 2.32. The number of ether oxygens (including phenoxy) is 6. The highest BCUT2D eigenvalue weighted by atomic mass is 16.8. The van der Waals surface area contributed by atoms with E-state index >= 15 is 0 Å². The largest absolute Gasteiger partial charge is 0.459 e. The van der Waals surface area contributed by atoms with Gasteiger partial charge >= 0.3 is 23.9 Å². The summed E-state index contributed by atoms with van der Waals surface area (Å²) in [6, 6.07) is 8.28. The van der Waals surface area contributed by atoms with E-state index < -0.39 is 54.3 Å². The van der Waals surface area contributed by atoms with Crippen molar-refractivity contribution in [3.63, 3.8) is 0 Å². The molecule has 1 fully saturated rings. The van der Waals surface area contributed by atoms with Crippen LogP contribution in [0.1, 0.15) is 45.0 Å². The molecule has 0 N–H and O–H groups in total. The van der Waals surface area contributed by atoms with Crippen molar-refractivity contribution < 1.29 is 47.6 Å². The average Bonchev–Trinajstić information content (AvgIpc) is 2.94. The molecule has 0 unspecified atom stereocenters. The van der Waals surface area contributed by atoms with E-state index in [9.17, 15) is 19.2 Å². The molecule has 10 nitrogen and oxygen atoms in total. The molecule has 0 saturated carbocycles. The number of esters is 4. The predicted octanol–water partition coefficient (Wildman–Crippen LogP) is 1.75. The molecule has 31 heavy (non-hydrogen) atoms. The Hall–Kier alpha value is -2.98. The monoisotopic (exact) mass is 438 g/mol. The highest BCUT2D eigenvalue weighted by Gasteiger charge is 2.52. The van der Waals surface area contributed by atoms with Crippen molar-refractivity contribution in [2.45, 2.75) is 65.0 Å². The Morgan fingerprint density at radius 2 is 1.52 bits per heavy atom. The van der Waals surface area contributed by atoms with Crippen LogP contribution in [-0.2, 0) is 42.8 Å². The third-order valence-corrected chi connectivity index (χ3v) is 4.05. The number of carbonyl (C=O) groups is 4. The highest BCUT2D eigenvalue weighted by molar-refractivity contribution is 5.89. The van der Waals surface area contributed by atoms with Crippen LogP contribution in [0.25, 0.3) is 0 Å². The lowest BCUT2D eigenvalue weighted by Crippen LogP contribution is -2.46. The first-order valence-electron chi connectivity index (χ1n) is 9.58. The minimum absolute atomic E-state index is 0.308. The van der Waals surface area contributed by atoms with Crippen molar-refractivity contribution in [3.05, 3.63) is 35.9 Å². The lowest BCUT2D eigenvalue weighted by molar-refractivity contribution is -0.266. The minimum atomic E-state index is -1.45. The average molecular weight is 438 g/mol. The SMILES string of the molecule is CC(=O)O[C@@H]1O[C@H](COC(=O)c2ccccc2)[C@H](OC(C)=O)[C@H]1OC(C)(C)OC(C)=O. The van der Waals surface area contributed by atoms with Gasteiger partial charge in [0.05, 0.1) is 5.56 Å². The molecule has 170 valence electrons. The third-order valence-electron chi connectivity index (χ3n) is 4.05. The fraction of sp³-hybridized carbons (Fsp3) is 0.524. The summed E-state index contributed by atoms with van der Waals surface area (Å²) in [7, 11) is 0. The summed E-state index contributed by atoms with van der Waals surface area (Å²) in [4.78, 5) is 46.9. The van der Waals surface area contributed by atoms with Gasteiger partial charge in [0, 0.05) is 34.6 Å². The van der Waals surface area contributed by atoms with Gasteiger partial charge in [0.15, 0.2) is 12.2 Å². The third kappa shape index (κ3) is 7.34. The normalized spacial score (nSPS) is 23.0. The summed E-state index contributed by atoms with van der Waals surface area (Å²) in [5.74, 6) is -4.00. The number of hydrogen-bond acceptors (Lipinski definition) is 10. The van der Waals surface area contributed by atoms with Gasteiger partial charge in [-0.15, -0.1) is 0 Å². The second-order valence-corrected chi connectivity index (χ2v) is 7.27. The minimum Gasteiger partial charge on any atom is -0.459 e. The predicted molar refractivity (Wildman–Crippen MR) is 103 cm³/mol. The van der Waals surface area contributed by atoms with Crippen LogP contribution < -0.4 is 0 Å². The van der Waals surface area contributed by atoms with Gasteiger partial charge in [0.2, 0.25) is 12.1 Å². The van der Waals surface area contributed by atoms with Gasteiger partial charge in [-0.3, -0.25) is 14.4 Å². The molecule has 1 aliphatic rings. The molecule has 1 aromatic rings. The van der Waals surface area contributed by atoms with Crippen LogP contribution in [0.15, 0.2) is 30.3 Å². The maximum Gasteiger partial charge on any atom is 0.338 e. The molecular formula is C21H26O10. The molecule has 0 aromatic heterocycles. The van der Waals surface area contributed by atoms with E-state index in [1.54, 1.807) is 30.3 Å². The number of rotatable bonds is 8. The van der Waals surface area contributed by atoms with Crippen molar-refractivity contribution >= 4 is 23.9 Å². The zero-order chi connectivity index (χ0) is 23.2. The van der Waals surface area contributed by atoms with E-state index in [2.05, 4.69) is 0 Å². The number of carbonyl (C=O) groups excluding carboxylic acids is 4. The molecule has 4 atom stereocenters. The van der Waals surface area contributed by atoms with Crippen LogP contribution >= 0.6 is 0 Å². The Morgan fingerprint density at radius 3 is 2.06 bits per heavy atom. The molecule has 1 aromatic carbocycles. The summed E-state index contributed by atoms with van der Waals surface area (Å²) < 4.78 is 32.3. The molecule has 0 spiro atoms. The standard InChI is InChI=1S/C21H26O10/c1-12(22)27-17-16(11-26-19(25)15-9-7-6-8-10-15)29-20(28-13(2)23)18(17)31-21(4,5)30-14(3)24/h6-10,16-18,20H,11H2,1-5H3/t16-,17+,18-,20-/m1/s1. The van der Waals surface area contributed by atoms with Crippen molar-refractivity contribution in [1.82, 2.24) is 0 Å². The van der Waals surface area contributed by atoms with Crippen LogP contribution in [-0.4, -0.2) is 60.9 Å². The van der Waals surface area contributed by atoms with E-state index in [1.165, 1.54) is 34.6 Å². The van der Waals surface area contributed by atoms with Gasteiger partial charge in [0.25, 0.3) is 0 Å². The second kappa shape index (κ2) is 10.4. The fourth-order valence-corrected chi connectivity index (χ4v) is 3.06. The van der Waals surface area contributed by atoms with Crippen LogP contribution in [0, 0.1) is 0 Å². The first-order chi connectivity index (χ1) is 14.5. The van der Waals surface area contributed by atoms with Crippen LogP contribution in [0.2, 0.25) is 0 Å². The summed E-state index contributed by atoms with van der Waals surface area (Å²) in [6.45, 7) is 6.17. The van der Waals surface area contributed by atoms with Crippen molar-refractivity contribution in [2.24, 2.45) is 0 Å². The van der Waals surface area contributed by atoms with Gasteiger partial charge in [-0.2, -0.15) is 0 Å². The number of benzene rings is 1. The lowest BCUT2D eigenvalue weighted by Gasteiger charge is -2.32. The van der Waals surface area contributed by atoms with Crippen molar-refractivity contribution in [1.29, 1.82) is 0 Å². The molecular weight excluding hydrogens is 412 g/mol. The zero-order valence-electron chi connectivity index (χ0n) is 18.0. The smallest absolute Gasteiger partial charge is 0.338 e. The van der Waals surface area contributed by atoms with Gasteiger partial charge < -0.3 is 28.4 Å². The molecule has 0 bridgehead atoms. The van der Waals surface area contributed by atoms with Crippen LogP contribution in [0.3, 0.4) is 0 Å². The summed E-state index contributed by atoms with van der Waals surface area (Å²) in [5, 5.41) is 0. The number of hydrogen-bond donors (Lipinski definition) is 0. The van der Waals surface area contributed by atoms with E-state index in [0.29, 0.717) is 5.56 Å². The van der Waals surface area contributed by atoms with Crippen LogP contribution in [0.5, 0.6) is 0 Å². The molecule has 0 radical (unpaired) electrons. The van der Waals surface area contributed by atoms with E-state index in [4.69, 9.17) is 28.4 Å². The maximum absolute atomic E-state index is 12.3. The van der Waals surface area contributed by atoms with Gasteiger partial charge in [-0.05, 0) is 12.1 Å². The molecule has 2 rings (SSSR count). The zero-order valence-corrected chi connectivity index (χ0v) is 18.0. The first-order valence-corrected chi connectivity index (χ1v) is 9.58. The Morgan fingerprint density at radius 1 is 0.903 bits per heavy atom. The van der Waals surface area contributed by atoms with Gasteiger partial charge in [-0.1, -0.05) is 18.2 Å². The molecule has 1 saturated heterocycles. The molecule has 10 heteroatoms. The molecule has 0 amide bonds. The van der Waals surface area contributed by atoms with Gasteiger partial charge in [0.1, 0.15) is 12.7 Å². The lowest BCUT2D eigenvalue weighted by atomic mass is 10.1. The molecule has 0 aliphatic carbocycles. The Kier molecular flexibility index (Phi) is 8.12. The second-order valence-electron chi connectivity index (χ2n) is 7.27. The van der Waals surface area contributed by atoms with E-state index in [0.717, 1.165) is 0 Å². The first kappa shape index (κ1) is 24.3. The topological polar surface area (TPSA) is 124 Å². The summed E-state index contributed by atoms with van der Waals surface area (Å²) in [6.07, 6.45) is -4.56. The van der Waals surface area contributed by atoms with Crippen LogP contribution in [0.4, 0.5) is 0 Å².